The number of hydrogen-bond acceptors (Lipinski definition) is 8. The number of para-hydroxylation sites is 1. The third kappa shape index (κ3) is 3.30. The average Bonchev–Trinajstić information content (AvgIpc) is 3.30. The number of aryl methyl sites for hydroxylation is 1. The van der Waals surface area contributed by atoms with Gasteiger partial charge in [-0.25, -0.2) is 0 Å². The third-order valence-electron chi connectivity index (χ3n) is 4.54. The molecule has 8 nitrogen and oxygen atoms in total. The van der Waals surface area contributed by atoms with Crippen molar-refractivity contribution in [3.8, 4) is 17.1 Å². The number of methoxy groups -OCH3 is 1. The largest absolute Gasteiger partial charge is 0.496 e. The number of benzene rings is 1. The summed E-state index contributed by atoms with van der Waals surface area (Å²) in [6, 6.07) is 7.52. The predicted molar refractivity (Wildman–Crippen MR) is 98.8 cm³/mol. The zero-order chi connectivity index (χ0) is 18.8. The number of aromatic nitrogens is 4. The second-order valence-electron chi connectivity index (χ2n) is 6.36. The smallest absolute Gasteiger partial charge is 0.267 e. The number of likely N-dealkylation sites (tertiary alicyclic amines) is 1. The Balaban J connectivity index is 1.44. The fourth-order valence-corrected chi connectivity index (χ4v) is 3.73. The summed E-state index contributed by atoms with van der Waals surface area (Å²) < 4.78 is 14.7. The van der Waals surface area contributed by atoms with E-state index >= 15 is 0 Å². The maximum Gasteiger partial charge on any atom is 0.267 e. The molecule has 0 aliphatic carbocycles. The third-order valence-corrected chi connectivity index (χ3v) is 5.30. The molecule has 0 unspecified atom stereocenters. The van der Waals surface area contributed by atoms with Crippen molar-refractivity contribution in [1.82, 2.24) is 24.6 Å². The highest BCUT2D eigenvalue weighted by atomic mass is 32.1. The molecule has 0 spiro atoms. The normalized spacial score (nSPS) is 14.2. The summed E-state index contributed by atoms with van der Waals surface area (Å²) in [5.74, 6) is 1.74. The number of nitrogens with zero attached hydrogens (tertiary/aromatic N) is 5. The summed E-state index contributed by atoms with van der Waals surface area (Å²) in [4.78, 5) is 19.5. The molecule has 0 saturated carbocycles. The highest BCUT2D eigenvalue weighted by Crippen LogP contribution is 2.32. The molecule has 0 atom stereocenters. The number of carbonyl (C=O) groups is 1. The van der Waals surface area contributed by atoms with E-state index in [0.717, 1.165) is 35.6 Å². The summed E-state index contributed by atoms with van der Waals surface area (Å²) in [5.41, 5.74) is 1.56. The molecule has 1 aliphatic heterocycles. The Labute approximate surface area is 160 Å². The van der Waals surface area contributed by atoms with Gasteiger partial charge in [-0.05, 0) is 30.1 Å². The molecule has 1 aliphatic rings. The van der Waals surface area contributed by atoms with Crippen LogP contribution in [0.25, 0.3) is 11.4 Å². The van der Waals surface area contributed by atoms with E-state index in [9.17, 15) is 4.79 Å². The Kier molecular flexibility index (Phi) is 4.85. The van der Waals surface area contributed by atoms with Gasteiger partial charge in [-0.2, -0.15) is 4.98 Å². The molecule has 1 fully saturated rings. The lowest BCUT2D eigenvalue weighted by Crippen LogP contribution is -2.48. The van der Waals surface area contributed by atoms with Crippen molar-refractivity contribution in [2.24, 2.45) is 0 Å². The van der Waals surface area contributed by atoms with Gasteiger partial charge < -0.3 is 14.2 Å². The molecule has 3 heterocycles. The SMILES string of the molecule is CCCc1nnsc1C(=O)N1CC(c2nc(-c3ccccc3OC)no2)C1. The van der Waals surface area contributed by atoms with E-state index in [1.807, 2.05) is 24.3 Å². The highest BCUT2D eigenvalue weighted by Gasteiger charge is 2.37. The first-order chi connectivity index (χ1) is 13.2. The van der Waals surface area contributed by atoms with Crippen molar-refractivity contribution in [1.29, 1.82) is 0 Å². The van der Waals surface area contributed by atoms with Crippen LogP contribution in [0.2, 0.25) is 0 Å². The predicted octanol–water partition coefficient (Wildman–Crippen LogP) is 2.79. The van der Waals surface area contributed by atoms with Crippen LogP contribution in [0.4, 0.5) is 0 Å². The first-order valence-corrected chi connectivity index (χ1v) is 9.56. The van der Waals surface area contributed by atoms with Gasteiger partial charge in [-0.1, -0.05) is 35.1 Å². The standard InChI is InChI=1S/C18H19N5O3S/c1-3-6-13-15(27-22-20-13)18(24)23-9-11(10-23)17-19-16(21-26-17)12-7-4-5-8-14(12)25-2/h4-5,7-8,11H,3,6,9-10H2,1-2H3. The lowest BCUT2D eigenvalue weighted by atomic mass is 9.99. The van der Waals surface area contributed by atoms with Crippen molar-refractivity contribution in [2.75, 3.05) is 20.2 Å². The minimum atomic E-state index is -0.0193. The van der Waals surface area contributed by atoms with Crippen LogP contribution in [0.5, 0.6) is 5.75 Å². The second kappa shape index (κ2) is 7.43. The van der Waals surface area contributed by atoms with Gasteiger partial charge in [0.2, 0.25) is 11.7 Å². The van der Waals surface area contributed by atoms with Gasteiger partial charge in [-0.15, -0.1) is 5.10 Å². The zero-order valence-corrected chi connectivity index (χ0v) is 15.9. The molecular weight excluding hydrogens is 366 g/mol. The molecule has 27 heavy (non-hydrogen) atoms. The topological polar surface area (TPSA) is 94.2 Å². The van der Waals surface area contributed by atoms with E-state index in [-0.39, 0.29) is 11.8 Å². The Morgan fingerprint density at radius 1 is 1.37 bits per heavy atom. The van der Waals surface area contributed by atoms with Gasteiger partial charge in [0.25, 0.3) is 5.91 Å². The van der Waals surface area contributed by atoms with Crippen LogP contribution in [-0.2, 0) is 6.42 Å². The fourth-order valence-electron chi connectivity index (χ4n) is 3.06. The second-order valence-corrected chi connectivity index (χ2v) is 7.12. The first kappa shape index (κ1) is 17.6. The van der Waals surface area contributed by atoms with Crippen LogP contribution in [0.1, 0.15) is 40.5 Å². The molecule has 2 aromatic heterocycles. The number of carbonyl (C=O) groups excluding carboxylic acids is 1. The van der Waals surface area contributed by atoms with Crippen LogP contribution in [0.15, 0.2) is 28.8 Å². The van der Waals surface area contributed by atoms with Crippen molar-refractivity contribution in [2.45, 2.75) is 25.7 Å². The quantitative estimate of drug-likeness (QED) is 0.644. The van der Waals surface area contributed by atoms with E-state index < -0.39 is 0 Å². The number of hydrogen-bond donors (Lipinski definition) is 0. The van der Waals surface area contributed by atoms with Crippen molar-refractivity contribution >= 4 is 17.4 Å². The lowest BCUT2D eigenvalue weighted by Gasteiger charge is -2.36. The number of ether oxygens (including phenoxy) is 1. The summed E-state index contributed by atoms with van der Waals surface area (Å²) in [5, 5.41) is 8.14. The molecule has 1 aromatic carbocycles. The molecule has 4 rings (SSSR count). The van der Waals surface area contributed by atoms with Crippen LogP contribution >= 0.6 is 11.5 Å². The van der Waals surface area contributed by atoms with E-state index in [1.165, 1.54) is 0 Å². The number of amides is 1. The van der Waals surface area contributed by atoms with Crippen molar-refractivity contribution in [3.63, 3.8) is 0 Å². The van der Waals surface area contributed by atoms with Crippen LogP contribution in [-0.4, -0.2) is 50.7 Å². The van der Waals surface area contributed by atoms with Gasteiger partial charge in [0.1, 0.15) is 10.6 Å². The molecule has 140 valence electrons. The van der Waals surface area contributed by atoms with Gasteiger partial charge in [0, 0.05) is 13.1 Å². The van der Waals surface area contributed by atoms with Gasteiger partial charge in [0.05, 0.1) is 24.3 Å². The molecule has 0 bridgehead atoms. The first-order valence-electron chi connectivity index (χ1n) is 8.78. The summed E-state index contributed by atoms with van der Waals surface area (Å²) in [6.07, 6.45) is 1.70. The van der Waals surface area contributed by atoms with Gasteiger partial charge in [0.15, 0.2) is 0 Å². The van der Waals surface area contributed by atoms with E-state index in [0.29, 0.717) is 35.4 Å². The Bertz CT molecular complexity index is 948. The minimum absolute atomic E-state index is 0.0193. The minimum Gasteiger partial charge on any atom is -0.496 e. The molecule has 0 radical (unpaired) electrons. The van der Waals surface area contributed by atoms with Crippen LogP contribution in [0, 0.1) is 0 Å². The zero-order valence-electron chi connectivity index (χ0n) is 15.1. The summed E-state index contributed by atoms with van der Waals surface area (Å²) in [6.45, 7) is 3.16. The Morgan fingerprint density at radius 3 is 2.96 bits per heavy atom. The average molecular weight is 385 g/mol. The molecule has 3 aromatic rings. The van der Waals surface area contributed by atoms with Gasteiger partial charge in [-0.3, -0.25) is 4.79 Å². The highest BCUT2D eigenvalue weighted by molar-refractivity contribution is 7.08. The Hall–Kier alpha value is -2.81. The maximum atomic E-state index is 12.6. The molecule has 1 saturated heterocycles. The van der Waals surface area contributed by atoms with Crippen molar-refractivity contribution in [3.05, 3.63) is 40.7 Å². The van der Waals surface area contributed by atoms with Gasteiger partial charge >= 0.3 is 0 Å². The van der Waals surface area contributed by atoms with Crippen LogP contribution in [0.3, 0.4) is 0 Å². The fraction of sp³-hybridized carbons (Fsp3) is 0.389. The Morgan fingerprint density at radius 2 is 2.19 bits per heavy atom. The number of rotatable bonds is 6. The summed E-state index contributed by atoms with van der Waals surface area (Å²) >= 11 is 1.16. The maximum absolute atomic E-state index is 12.6. The molecule has 0 N–H and O–H groups in total. The van der Waals surface area contributed by atoms with E-state index in [2.05, 4.69) is 26.7 Å². The summed E-state index contributed by atoms with van der Waals surface area (Å²) in [7, 11) is 1.61. The lowest BCUT2D eigenvalue weighted by molar-refractivity contribution is 0.0573. The van der Waals surface area contributed by atoms with E-state index in [4.69, 9.17) is 9.26 Å². The molecule has 9 heteroatoms. The van der Waals surface area contributed by atoms with Crippen LogP contribution < -0.4 is 4.74 Å². The molecular formula is C18H19N5O3S. The monoisotopic (exact) mass is 385 g/mol. The van der Waals surface area contributed by atoms with Crippen molar-refractivity contribution < 1.29 is 14.1 Å². The molecule has 1 amide bonds. The van der Waals surface area contributed by atoms with E-state index in [1.54, 1.807) is 12.0 Å².